The fraction of sp³-hybridized carbons (Fsp3) is 0.750. The second kappa shape index (κ2) is 6.82. The molecule has 0 amide bonds. The largest absolute Gasteiger partial charge is 0.308 e. The third-order valence-electron chi connectivity index (χ3n) is 3.52. The first-order chi connectivity index (χ1) is 8.70. The smallest absolute Gasteiger partial charge is 0.0633 e. The molecule has 0 aliphatic heterocycles. The van der Waals surface area contributed by atoms with Crippen molar-refractivity contribution in [3.05, 3.63) is 16.4 Å². The zero-order chi connectivity index (χ0) is 13.0. The Hall–Kier alpha value is -0.200. The number of H-pyrrole nitrogens is 1. The first-order valence-corrected chi connectivity index (χ1v) is 8.66. The molecule has 4 nitrogen and oxygen atoms in total. The maximum Gasteiger partial charge on any atom is 0.0633 e. The number of nitrogens with one attached hydrogen (secondary N) is 2. The molecular formula is C12H20BrN3OS. The van der Waals surface area contributed by atoms with Crippen molar-refractivity contribution in [3.8, 4) is 0 Å². The third-order valence-corrected chi connectivity index (χ3v) is 5.94. The normalized spacial score (nSPS) is 26.1. The number of aromatic amines is 1. The van der Waals surface area contributed by atoms with Crippen LogP contribution < -0.4 is 5.32 Å². The van der Waals surface area contributed by atoms with Gasteiger partial charge in [-0.15, -0.1) is 0 Å². The zero-order valence-electron chi connectivity index (χ0n) is 10.6. The van der Waals surface area contributed by atoms with Crippen LogP contribution in [-0.2, 0) is 17.3 Å². The molecule has 3 unspecified atom stereocenters. The maximum absolute atomic E-state index is 11.9. The second-order valence-corrected chi connectivity index (χ2v) is 7.59. The van der Waals surface area contributed by atoms with Crippen molar-refractivity contribution in [2.24, 2.45) is 0 Å². The van der Waals surface area contributed by atoms with E-state index in [0.717, 1.165) is 35.3 Å². The van der Waals surface area contributed by atoms with Crippen LogP contribution in [0.3, 0.4) is 0 Å². The lowest BCUT2D eigenvalue weighted by molar-refractivity contribution is 0.374. The number of hydrogen-bond donors (Lipinski definition) is 2. The van der Waals surface area contributed by atoms with Crippen LogP contribution in [0.5, 0.6) is 0 Å². The predicted octanol–water partition coefficient (Wildman–Crippen LogP) is 2.34. The van der Waals surface area contributed by atoms with Crippen molar-refractivity contribution in [2.75, 3.05) is 5.75 Å². The van der Waals surface area contributed by atoms with Crippen molar-refractivity contribution in [3.63, 3.8) is 0 Å². The second-order valence-electron chi connectivity index (χ2n) is 4.73. The van der Waals surface area contributed by atoms with E-state index >= 15 is 0 Å². The highest BCUT2D eigenvalue weighted by molar-refractivity contribution is 9.10. The molecule has 1 heterocycles. The lowest BCUT2D eigenvalue weighted by atomic mass is 9.95. The lowest BCUT2D eigenvalue weighted by Crippen LogP contribution is -2.37. The van der Waals surface area contributed by atoms with Gasteiger partial charge in [0.25, 0.3) is 0 Å². The quantitative estimate of drug-likeness (QED) is 0.869. The van der Waals surface area contributed by atoms with Crippen LogP contribution in [0.2, 0.25) is 0 Å². The van der Waals surface area contributed by atoms with Gasteiger partial charge in [-0.2, -0.15) is 5.10 Å². The van der Waals surface area contributed by atoms with Crippen LogP contribution in [0.1, 0.15) is 38.3 Å². The maximum atomic E-state index is 11.9. The molecule has 2 N–H and O–H groups in total. The molecule has 6 heteroatoms. The molecule has 102 valence electrons. The molecule has 1 saturated carbocycles. The van der Waals surface area contributed by atoms with E-state index in [-0.39, 0.29) is 0 Å². The Morgan fingerprint density at radius 2 is 2.44 bits per heavy atom. The van der Waals surface area contributed by atoms with Crippen LogP contribution in [0.25, 0.3) is 0 Å². The number of aromatic nitrogens is 2. The minimum atomic E-state index is -0.648. The van der Waals surface area contributed by atoms with E-state index in [1.165, 1.54) is 12.8 Å². The van der Waals surface area contributed by atoms with E-state index in [0.29, 0.717) is 11.3 Å². The Morgan fingerprint density at radius 1 is 1.61 bits per heavy atom. The Labute approximate surface area is 119 Å². The summed E-state index contributed by atoms with van der Waals surface area (Å²) < 4.78 is 12.9. The molecular weight excluding hydrogens is 314 g/mol. The monoisotopic (exact) mass is 333 g/mol. The molecule has 0 saturated heterocycles. The standard InChI is InChI=1S/C12H20BrN3OS/c1-2-18(17)10-5-3-4-9(6-10)14-8-12-11(13)7-15-16-12/h7,9-10,14H,2-6,8H2,1H3,(H,15,16). The van der Waals surface area contributed by atoms with Crippen molar-refractivity contribution in [1.82, 2.24) is 15.5 Å². The van der Waals surface area contributed by atoms with Gasteiger partial charge in [0, 0.05) is 34.4 Å². The van der Waals surface area contributed by atoms with Gasteiger partial charge in [0.15, 0.2) is 0 Å². The van der Waals surface area contributed by atoms with Gasteiger partial charge in [-0.3, -0.25) is 9.31 Å². The van der Waals surface area contributed by atoms with Gasteiger partial charge < -0.3 is 5.32 Å². The predicted molar refractivity (Wildman–Crippen MR) is 77.9 cm³/mol. The fourth-order valence-electron chi connectivity index (χ4n) is 2.47. The molecule has 0 spiro atoms. The summed E-state index contributed by atoms with van der Waals surface area (Å²) in [6.45, 7) is 2.80. The van der Waals surface area contributed by atoms with Crippen molar-refractivity contribution in [1.29, 1.82) is 0 Å². The summed E-state index contributed by atoms with van der Waals surface area (Å²) >= 11 is 3.46. The Balaban J connectivity index is 1.83. The Bertz CT molecular complexity index is 410. The van der Waals surface area contributed by atoms with Crippen LogP contribution in [0, 0.1) is 0 Å². The molecule has 1 aromatic heterocycles. The van der Waals surface area contributed by atoms with Crippen LogP contribution in [0.15, 0.2) is 10.7 Å². The van der Waals surface area contributed by atoms with Crippen LogP contribution >= 0.6 is 15.9 Å². The summed E-state index contributed by atoms with van der Waals surface area (Å²) in [5, 5.41) is 10.9. The summed E-state index contributed by atoms with van der Waals surface area (Å²) in [4.78, 5) is 0. The highest BCUT2D eigenvalue weighted by Gasteiger charge is 2.25. The van der Waals surface area contributed by atoms with Crippen molar-refractivity contribution >= 4 is 26.7 Å². The van der Waals surface area contributed by atoms with E-state index in [1.807, 2.05) is 6.92 Å². The number of rotatable bonds is 5. The molecule has 0 radical (unpaired) electrons. The number of hydrogen-bond acceptors (Lipinski definition) is 3. The highest BCUT2D eigenvalue weighted by Crippen LogP contribution is 2.23. The topological polar surface area (TPSA) is 57.8 Å². The molecule has 3 atom stereocenters. The number of nitrogens with zero attached hydrogens (tertiary/aromatic N) is 1. The molecule has 0 bridgehead atoms. The fourth-order valence-corrected chi connectivity index (χ4v) is 4.15. The molecule has 1 fully saturated rings. The van der Waals surface area contributed by atoms with E-state index in [2.05, 4.69) is 31.4 Å². The lowest BCUT2D eigenvalue weighted by Gasteiger charge is -2.29. The minimum absolute atomic E-state index is 0.381. The van der Waals surface area contributed by atoms with Gasteiger partial charge in [-0.25, -0.2) is 0 Å². The molecule has 1 aliphatic carbocycles. The number of halogens is 1. The van der Waals surface area contributed by atoms with Gasteiger partial charge >= 0.3 is 0 Å². The first kappa shape index (κ1) is 14.2. The summed E-state index contributed by atoms with van der Waals surface area (Å²) in [5.74, 6) is 0.781. The van der Waals surface area contributed by atoms with Gasteiger partial charge in [0.1, 0.15) is 0 Å². The van der Waals surface area contributed by atoms with Crippen LogP contribution in [0.4, 0.5) is 0 Å². The van der Waals surface area contributed by atoms with Crippen molar-refractivity contribution in [2.45, 2.75) is 50.4 Å². The van der Waals surface area contributed by atoms with Gasteiger partial charge in [-0.05, 0) is 35.2 Å². The summed E-state index contributed by atoms with van der Waals surface area (Å²) in [6.07, 6.45) is 6.28. The summed E-state index contributed by atoms with van der Waals surface area (Å²) in [7, 11) is -0.648. The SMILES string of the molecule is CCS(=O)C1CCCC(NCc2[nH]ncc2Br)C1. The summed E-state index contributed by atoms with van der Waals surface area (Å²) in [5.41, 5.74) is 1.08. The summed E-state index contributed by atoms with van der Waals surface area (Å²) in [6, 6.07) is 0.481. The Morgan fingerprint density at radius 3 is 3.11 bits per heavy atom. The van der Waals surface area contributed by atoms with Gasteiger partial charge in [-0.1, -0.05) is 13.3 Å². The van der Waals surface area contributed by atoms with E-state index < -0.39 is 10.8 Å². The van der Waals surface area contributed by atoms with E-state index in [1.54, 1.807) is 6.20 Å². The molecule has 18 heavy (non-hydrogen) atoms. The molecule has 2 rings (SSSR count). The molecule has 0 aromatic carbocycles. The average molecular weight is 334 g/mol. The first-order valence-electron chi connectivity index (χ1n) is 6.49. The van der Waals surface area contributed by atoms with Gasteiger partial charge in [0.05, 0.1) is 16.4 Å². The third kappa shape index (κ3) is 3.65. The van der Waals surface area contributed by atoms with E-state index in [4.69, 9.17) is 0 Å². The molecule has 1 aliphatic rings. The van der Waals surface area contributed by atoms with E-state index in [9.17, 15) is 4.21 Å². The van der Waals surface area contributed by atoms with Crippen LogP contribution in [-0.4, -0.2) is 31.5 Å². The highest BCUT2D eigenvalue weighted by atomic mass is 79.9. The minimum Gasteiger partial charge on any atom is -0.308 e. The van der Waals surface area contributed by atoms with Gasteiger partial charge in [0.2, 0.25) is 0 Å². The van der Waals surface area contributed by atoms with Crippen molar-refractivity contribution < 1.29 is 4.21 Å². The average Bonchev–Trinajstić information content (AvgIpc) is 2.81. The Kier molecular flexibility index (Phi) is 5.38. The molecule has 1 aromatic rings. The zero-order valence-corrected chi connectivity index (χ0v) is 13.0.